The van der Waals surface area contributed by atoms with E-state index in [1.165, 1.54) is 32.1 Å². The van der Waals surface area contributed by atoms with Gasteiger partial charge in [-0.1, -0.05) is 38.3 Å². The van der Waals surface area contributed by atoms with Gasteiger partial charge >= 0.3 is 0 Å². The number of halogens is 2. The van der Waals surface area contributed by atoms with E-state index in [0.29, 0.717) is 0 Å². The van der Waals surface area contributed by atoms with Crippen LogP contribution in [0.4, 0.5) is 0 Å². The van der Waals surface area contributed by atoms with Crippen LogP contribution in [0.3, 0.4) is 0 Å². The van der Waals surface area contributed by atoms with Crippen LogP contribution in [0.25, 0.3) is 0 Å². The minimum Gasteiger partial charge on any atom is -0.150 e. The van der Waals surface area contributed by atoms with E-state index in [2.05, 4.69) is 19.1 Å². The summed E-state index contributed by atoms with van der Waals surface area (Å²) >= 11 is 11.4. The first-order valence-electron chi connectivity index (χ1n) is 4.70. The van der Waals surface area contributed by atoms with Crippen LogP contribution in [-0.2, 0) is 0 Å². The molecular weight excluding hydrogens is 207 g/mol. The Morgan fingerprint density at radius 1 is 1.08 bits per heavy atom. The molecule has 0 aliphatic rings. The van der Waals surface area contributed by atoms with Gasteiger partial charge in [-0.3, -0.25) is 0 Å². The van der Waals surface area contributed by atoms with E-state index in [4.69, 9.17) is 22.2 Å². The quantitative estimate of drug-likeness (QED) is 0.263. The second kappa shape index (κ2) is 9.62. The number of hydrogen-bond donors (Lipinski definition) is 0. The zero-order valence-electron chi connectivity index (χ0n) is 7.73. The molecule has 0 radical (unpaired) electrons. The Balaban J connectivity index is 3.03. The van der Waals surface area contributed by atoms with Gasteiger partial charge in [-0.25, -0.2) is 0 Å². The first kappa shape index (κ1) is 12.5. The van der Waals surface area contributed by atoms with Crippen molar-refractivity contribution in [3.05, 3.63) is 12.2 Å². The van der Waals surface area contributed by atoms with Crippen LogP contribution in [0.15, 0.2) is 12.2 Å². The lowest BCUT2D eigenvalue weighted by Crippen LogP contribution is -1.86. The van der Waals surface area contributed by atoms with E-state index in [1.807, 2.05) is 0 Å². The molecule has 0 amide bonds. The molecule has 0 atom stereocenters. The van der Waals surface area contributed by atoms with Crippen LogP contribution >= 0.6 is 22.2 Å². The Hall–Kier alpha value is 0.537. The van der Waals surface area contributed by atoms with Gasteiger partial charge in [0.15, 0.2) is 0 Å². The first-order valence-corrected chi connectivity index (χ1v) is 9.01. The maximum absolute atomic E-state index is 5.69. The Kier molecular flexibility index (Phi) is 10.1. The molecule has 0 bridgehead atoms. The van der Waals surface area contributed by atoms with Crippen LogP contribution in [0, 0.1) is 0 Å². The van der Waals surface area contributed by atoms with Crippen LogP contribution in [0.2, 0.25) is 6.04 Å². The van der Waals surface area contributed by atoms with Crippen molar-refractivity contribution in [3.8, 4) is 0 Å². The molecule has 0 rings (SSSR count). The molecule has 0 saturated carbocycles. The molecule has 0 aromatic heterocycles. The van der Waals surface area contributed by atoms with Crippen molar-refractivity contribution >= 4 is 29.6 Å². The molecule has 0 fully saturated rings. The molecule has 0 spiro atoms. The minimum absolute atomic E-state index is 0.914. The van der Waals surface area contributed by atoms with E-state index in [9.17, 15) is 0 Å². The Morgan fingerprint density at radius 3 is 2.42 bits per heavy atom. The number of allylic oxidation sites excluding steroid dienone is 2. The second-order valence-electron chi connectivity index (χ2n) is 2.95. The summed E-state index contributed by atoms with van der Waals surface area (Å²) in [5, 5.41) is 0. The van der Waals surface area contributed by atoms with Gasteiger partial charge in [0, 0.05) is 0 Å². The number of hydrogen-bond acceptors (Lipinski definition) is 0. The van der Waals surface area contributed by atoms with Gasteiger partial charge in [0.2, 0.25) is 7.42 Å². The van der Waals surface area contributed by atoms with Crippen molar-refractivity contribution in [1.82, 2.24) is 0 Å². The summed E-state index contributed by atoms with van der Waals surface area (Å²) in [6, 6.07) is 0.914. The van der Waals surface area contributed by atoms with E-state index in [0.717, 1.165) is 6.04 Å². The summed E-state index contributed by atoms with van der Waals surface area (Å²) in [6.07, 6.45) is 10.8. The monoisotopic (exact) mass is 224 g/mol. The molecule has 72 valence electrons. The summed E-state index contributed by atoms with van der Waals surface area (Å²) in [5.41, 5.74) is 0. The lowest BCUT2D eigenvalue weighted by Gasteiger charge is -1.94. The molecule has 3 heteroatoms. The van der Waals surface area contributed by atoms with Gasteiger partial charge in [-0.2, -0.15) is 22.2 Å². The van der Waals surface area contributed by atoms with Gasteiger partial charge < -0.3 is 0 Å². The highest BCUT2D eigenvalue weighted by Crippen LogP contribution is 2.06. The normalized spacial score (nSPS) is 11.7. The lowest BCUT2D eigenvalue weighted by molar-refractivity contribution is 0.674. The summed E-state index contributed by atoms with van der Waals surface area (Å²) in [7, 11) is -1.38. The summed E-state index contributed by atoms with van der Waals surface area (Å²) in [5.74, 6) is 0. The number of rotatable bonds is 7. The Bertz CT molecular complexity index is 113. The molecule has 0 nitrogen and oxygen atoms in total. The van der Waals surface area contributed by atoms with E-state index >= 15 is 0 Å². The van der Waals surface area contributed by atoms with Crippen LogP contribution in [0.1, 0.15) is 39.0 Å². The summed E-state index contributed by atoms with van der Waals surface area (Å²) in [6.45, 7) is 2.23. The molecule has 0 aromatic rings. The fourth-order valence-electron chi connectivity index (χ4n) is 1.01. The predicted octanol–water partition coefficient (Wildman–Crippen LogP) is 4.21. The minimum atomic E-state index is -1.38. The molecule has 0 aromatic carbocycles. The van der Waals surface area contributed by atoms with E-state index < -0.39 is 7.42 Å². The molecule has 0 heterocycles. The van der Waals surface area contributed by atoms with E-state index in [1.54, 1.807) is 0 Å². The molecular formula is C9H18Cl2Si. The van der Waals surface area contributed by atoms with Crippen molar-refractivity contribution in [3.63, 3.8) is 0 Å². The third-order valence-electron chi connectivity index (χ3n) is 1.71. The molecule has 0 unspecified atom stereocenters. The van der Waals surface area contributed by atoms with Gasteiger partial charge in [0.25, 0.3) is 0 Å². The zero-order chi connectivity index (χ0) is 9.23. The van der Waals surface area contributed by atoms with Crippen LogP contribution in [0.5, 0.6) is 0 Å². The summed E-state index contributed by atoms with van der Waals surface area (Å²) < 4.78 is 0. The average molecular weight is 225 g/mol. The van der Waals surface area contributed by atoms with Crippen molar-refractivity contribution in [2.24, 2.45) is 0 Å². The molecule has 0 saturated heterocycles. The lowest BCUT2D eigenvalue weighted by atomic mass is 10.1. The fourth-order valence-corrected chi connectivity index (χ4v) is 2.02. The van der Waals surface area contributed by atoms with Gasteiger partial charge in [0.1, 0.15) is 0 Å². The molecule has 0 aliphatic heterocycles. The Morgan fingerprint density at radius 2 is 1.83 bits per heavy atom. The van der Waals surface area contributed by atoms with Crippen molar-refractivity contribution < 1.29 is 0 Å². The van der Waals surface area contributed by atoms with Crippen molar-refractivity contribution in [2.45, 2.75) is 45.1 Å². The predicted molar refractivity (Wildman–Crippen MR) is 61.6 cm³/mol. The standard InChI is InChI=1S/C9H18Cl2Si/c1-2-3-4-5-6-7-8-9-12(10)11/h7-8,12H,2-6,9H2,1H3. The Labute approximate surface area is 87.0 Å². The third-order valence-corrected chi connectivity index (χ3v) is 3.40. The van der Waals surface area contributed by atoms with Crippen LogP contribution < -0.4 is 0 Å². The fraction of sp³-hybridized carbons (Fsp3) is 0.778. The first-order chi connectivity index (χ1) is 5.77. The molecule has 0 N–H and O–H groups in total. The van der Waals surface area contributed by atoms with Crippen molar-refractivity contribution in [1.29, 1.82) is 0 Å². The average Bonchev–Trinajstić information content (AvgIpc) is 2.02. The zero-order valence-corrected chi connectivity index (χ0v) is 10.4. The van der Waals surface area contributed by atoms with Gasteiger partial charge in [-0.05, 0) is 18.9 Å². The highest BCUT2D eigenvalue weighted by Gasteiger charge is 1.95. The topological polar surface area (TPSA) is 0 Å². The van der Waals surface area contributed by atoms with Crippen molar-refractivity contribution in [2.75, 3.05) is 0 Å². The smallest absolute Gasteiger partial charge is 0.150 e. The number of unbranched alkanes of at least 4 members (excludes halogenated alkanes) is 4. The van der Waals surface area contributed by atoms with Gasteiger partial charge in [0.05, 0.1) is 0 Å². The highest BCUT2D eigenvalue weighted by molar-refractivity contribution is 7.33. The molecule has 12 heavy (non-hydrogen) atoms. The maximum Gasteiger partial charge on any atom is 0.240 e. The largest absolute Gasteiger partial charge is 0.240 e. The second-order valence-corrected chi connectivity index (χ2v) is 8.03. The van der Waals surface area contributed by atoms with Gasteiger partial charge in [-0.15, -0.1) is 0 Å². The summed E-state index contributed by atoms with van der Waals surface area (Å²) in [4.78, 5) is 0. The highest BCUT2D eigenvalue weighted by atomic mass is 35.7. The maximum atomic E-state index is 5.69. The molecule has 0 aliphatic carbocycles. The third kappa shape index (κ3) is 10.5. The van der Waals surface area contributed by atoms with Crippen LogP contribution in [-0.4, -0.2) is 7.42 Å². The van der Waals surface area contributed by atoms with E-state index in [-0.39, 0.29) is 0 Å². The SMILES string of the molecule is CCCCCCC=CC[SiH](Cl)Cl.